The van der Waals surface area contributed by atoms with Gasteiger partial charge in [0.2, 0.25) is 0 Å². The van der Waals surface area contributed by atoms with Gasteiger partial charge in [-0.25, -0.2) is 0 Å². The standard InChI is InChI=1S/C31H33N3O2S/c1-33(2)16-15-31(36,28-14-8-12-23-9-6-7-13-26(23)28)29(24-10-4-3-5-11-24)27-21-25(22-32-30(27)35)34-17-19-37-20-18-34/h3-7,9-13,21-22,29,36H,15-20H2,1-2H3,(H,32,35). The van der Waals surface area contributed by atoms with E-state index in [1.807, 2.05) is 92.6 Å². The summed E-state index contributed by atoms with van der Waals surface area (Å²) in [7, 11) is 4.00. The van der Waals surface area contributed by atoms with Crippen molar-refractivity contribution in [2.45, 2.75) is 17.9 Å². The normalized spacial score (nSPS) is 17.3. The zero-order chi connectivity index (χ0) is 25.8. The van der Waals surface area contributed by atoms with Crippen LogP contribution in [0.4, 0.5) is 5.69 Å². The van der Waals surface area contributed by atoms with Gasteiger partial charge in [0, 0.05) is 54.4 Å². The highest BCUT2D eigenvalue weighted by Crippen LogP contribution is 2.46. The van der Waals surface area contributed by atoms with Crippen LogP contribution in [-0.2, 0) is 0 Å². The van der Waals surface area contributed by atoms with Gasteiger partial charge in [-0.1, -0.05) is 66.1 Å². The third-order valence-electron chi connectivity index (χ3n) is 7.24. The van der Waals surface area contributed by atoms with Crippen molar-refractivity contribution in [1.29, 1.82) is 0 Å². The fraction of sp³-hybridized carbons (Fsp3) is 0.323. The summed E-state index contributed by atoms with van der Waals surface area (Å²) in [5, 5.41) is 12.9. The number of aromatic nitrogens is 1. The number of thioether (sulfide) groups is 1. The van der Waals surface area contributed by atoms with Crippen molar-refractivity contribution >= 4 is 29.1 Å². The van der Waals surface area contributed by atoms with Crippen LogP contribution >= 0.6 is 11.8 Å². The van der Waals surface area contributed by atoms with Gasteiger partial charge < -0.3 is 19.9 Å². The number of aliphatic hydroxyl groups is 1. The Hall–Kier alpha value is -3.24. The predicted molar refractivity (Wildman–Crippen MR) is 154 cm³/mol. The van der Waals surface area contributed by atoms with Gasteiger partial charge in [-0.2, -0.15) is 11.8 Å². The summed E-state index contributed by atoms with van der Waals surface area (Å²) in [5.74, 6) is 1.51. The molecule has 2 atom stereocenters. The van der Waals surface area contributed by atoms with Gasteiger partial charge >= 0.3 is 0 Å². The molecule has 2 aliphatic rings. The maximum atomic E-state index is 13.5. The molecular weight excluding hydrogens is 478 g/mol. The quantitative estimate of drug-likeness (QED) is 0.433. The van der Waals surface area contributed by atoms with E-state index < -0.39 is 11.5 Å². The number of benzene rings is 2. The van der Waals surface area contributed by atoms with Crippen LogP contribution in [0.5, 0.6) is 0 Å². The monoisotopic (exact) mass is 511 g/mol. The summed E-state index contributed by atoms with van der Waals surface area (Å²) in [6, 6.07) is 19.9. The molecule has 1 saturated heterocycles. The average Bonchev–Trinajstić information content (AvgIpc) is 2.94. The summed E-state index contributed by atoms with van der Waals surface area (Å²) >= 11 is 1.95. The van der Waals surface area contributed by atoms with Crippen LogP contribution in [0.15, 0.2) is 83.1 Å². The Morgan fingerprint density at radius 1 is 1.11 bits per heavy atom. The van der Waals surface area contributed by atoms with Gasteiger partial charge in [0.05, 0.1) is 5.69 Å². The molecule has 5 rings (SSSR count). The maximum absolute atomic E-state index is 13.5. The molecule has 2 aromatic carbocycles. The number of fused-ring (bicyclic) bond motifs is 1. The number of pyridine rings is 1. The zero-order valence-electron chi connectivity index (χ0n) is 21.4. The molecule has 1 aliphatic carbocycles. The molecule has 0 bridgehead atoms. The van der Waals surface area contributed by atoms with Crippen LogP contribution < -0.4 is 10.5 Å². The third-order valence-corrected chi connectivity index (χ3v) is 8.18. The highest BCUT2D eigenvalue weighted by atomic mass is 32.2. The van der Waals surface area contributed by atoms with Crippen molar-refractivity contribution in [3.05, 3.63) is 111 Å². The number of H-pyrrole nitrogens is 1. The highest BCUT2D eigenvalue weighted by Gasteiger charge is 2.45. The van der Waals surface area contributed by atoms with Crippen LogP contribution in [0.3, 0.4) is 0 Å². The number of aromatic amines is 1. The lowest BCUT2D eigenvalue weighted by molar-refractivity contribution is 0.0665. The molecule has 2 unspecified atom stereocenters. The molecule has 3 aromatic rings. The number of rotatable bonds is 8. The summed E-state index contributed by atoms with van der Waals surface area (Å²) in [4.78, 5) is 20.9. The van der Waals surface area contributed by atoms with Crippen LogP contribution in [0, 0.1) is 0 Å². The SMILES string of the molecule is CN(C)CCC(O)(C1=C=C=Cc2ccccc21)C(c1ccccc1)c1cc(N2CCSCC2)c[nH]c1=O. The molecule has 2 N–H and O–H groups in total. The lowest BCUT2D eigenvalue weighted by atomic mass is 9.69. The van der Waals surface area contributed by atoms with Gasteiger partial charge in [-0.3, -0.25) is 4.79 Å². The van der Waals surface area contributed by atoms with Crippen LogP contribution in [-0.4, -0.2) is 65.8 Å². The second-order valence-electron chi connectivity index (χ2n) is 9.94. The average molecular weight is 512 g/mol. The Bertz CT molecular complexity index is 1410. The number of nitrogens with one attached hydrogen (secondary N) is 1. The van der Waals surface area contributed by atoms with Crippen molar-refractivity contribution in [2.75, 3.05) is 50.1 Å². The summed E-state index contributed by atoms with van der Waals surface area (Å²) in [5.41, 5.74) is 9.83. The second-order valence-corrected chi connectivity index (χ2v) is 11.2. The molecule has 2 heterocycles. The second kappa shape index (κ2) is 11.0. The minimum Gasteiger partial charge on any atom is -0.383 e. The number of hydrogen-bond donors (Lipinski definition) is 2. The van der Waals surface area contributed by atoms with Gasteiger partial charge in [0.15, 0.2) is 0 Å². The first-order chi connectivity index (χ1) is 18.0. The van der Waals surface area contributed by atoms with Crippen molar-refractivity contribution < 1.29 is 5.11 Å². The van der Waals surface area contributed by atoms with E-state index in [-0.39, 0.29) is 5.56 Å². The molecule has 37 heavy (non-hydrogen) atoms. The van der Waals surface area contributed by atoms with E-state index in [9.17, 15) is 9.90 Å². The highest BCUT2D eigenvalue weighted by molar-refractivity contribution is 7.99. The van der Waals surface area contributed by atoms with E-state index in [0.29, 0.717) is 24.1 Å². The first-order valence-corrected chi connectivity index (χ1v) is 13.9. The van der Waals surface area contributed by atoms with Crippen molar-refractivity contribution in [3.63, 3.8) is 0 Å². The van der Waals surface area contributed by atoms with Crippen LogP contribution in [0.25, 0.3) is 11.6 Å². The lowest BCUT2D eigenvalue weighted by Gasteiger charge is -2.39. The van der Waals surface area contributed by atoms with E-state index in [0.717, 1.165) is 47.0 Å². The van der Waals surface area contributed by atoms with E-state index in [4.69, 9.17) is 0 Å². The van der Waals surface area contributed by atoms with E-state index >= 15 is 0 Å². The van der Waals surface area contributed by atoms with E-state index in [2.05, 4.69) is 26.2 Å². The predicted octanol–water partition coefficient (Wildman–Crippen LogP) is 4.61. The first-order valence-electron chi connectivity index (χ1n) is 12.8. The van der Waals surface area contributed by atoms with Gasteiger partial charge in [-0.05, 0) is 49.3 Å². The fourth-order valence-electron chi connectivity index (χ4n) is 5.32. The smallest absolute Gasteiger partial charge is 0.252 e. The van der Waals surface area contributed by atoms with E-state index in [1.54, 1.807) is 6.20 Å². The molecule has 190 valence electrons. The Kier molecular flexibility index (Phi) is 7.57. The molecule has 1 aromatic heterocycles. The maximum Gasteiger partial charge on any atom is 0.252 e. The van der Waals surface area contributed by atoms with Crippen LogP contribution in [0.2, 0.25) is 0 Å². The fourth-order valence-corrected chi connectivity index (χ4v) is 6.22. The lowest BCUT2D eigenvalue weighted by Crippen LogP contribution is -2.43. The Morgan fingerprint density at radius 2 is 1.84 bits per heavy atom. The molecule has 1 fully saturated rings. The Balaban J connectivity index is 1.73. The molecule has 0 radical (unpaired) electrons. The van der Waals surface area contributed by atoms with Gasteiger partial charge in [-0.15, -0.1) is 0 Å². The van der Waals surface area contributed by atoms with Crippen molar-refractivity contribution in [3.8, 4) is 0 Å². The zero-order valence-corrected chi connectivity index (χ0v) is 22.2. The summed E-state index contributed by atoms with van der Waals surface area (Å²) in [6.45, 7) is 2.50. The molecular formula is C31H33N3O2S. The topological polar surface area (TPSA) is 59.6 Å². The number of anilines is 1. The summed E-state index contributed by atoms with van der Waals surface area (Å²) in [6.07, 6.45) is 4.12. The van der Waals surface area contributed by atoms with Crippen molar-refractivity contribution in [2.24, 2.45) is 0 Å². The molecule has 5 nitrogen and oxygen atoms in total. The molecule has 0 spiro atoms. The minimum atomic E-state index is -1.41. The van der Waals surface area contributed by atoms with Crippen molar-refractivity contribution in [1.82, 2.24) is 9.88 Å². The van der Waals surface area contributed by atoms with E-state index in [1.165, 1.54) is 0 Å². The molecule has 0 amide bonds. The number of hydrogen-bond acceptors (Lipinski definition) is 5. The van der Waals surface area contributed by atoms with Crippen LogP contribution in [0.1, 0.15) is 34.6 Å². The third kappa shape index (κ3) is 5.26. The Labute approximate surface area is 222 Å². The van der Waals surface area contributed by atoms with Gasteiger partial charge in [0.25, 0.3) is 5.56 Å². The minimum absolute atomic E-state index is 0.184. The summed E-state index contributed by atoms with van der Waals surface area (Å²) < 4.78 is 0. The molecule has 0 saturated carbocycles. The number of nitrogens with zero attached hydrogens (tertiary/aromatic N) is 2. The van der Waals surface area contributed by atoms with Gasteiger partial charge in [0.1, 0.15) is 5.60 Å². The Morgan fingerprint density at radius 3 is 2.59 bits per heavy atom. The first kappa shape index (κ1) is 25.4. The molecule has 6 heteroatoms. The largest absolute Gasteiger partial charge is 0.383 e. The molecule has 1 aliphatic heterocycles.